The van der Waals surface area contributed by atoms with E-state index >= 15 is 0 Å². The minimum Gasteiger partial charge on any atom is -0.389 e. The smallest absolute Gasteiger partial charge is 0.243 e. The quantitative estimate of drug-likeness (QED) is 0.845. The number of aryl methyl sites for hydroxylation is 1. The topological polar surface area (TPSA) is 63.4 Å². The number of thiocarbonyl (C=S) groups is 1. The molecule has 106 valence electrons. The first-order valence-electron chi connectivity index (χ1n) is 6.10. The van der Waals surface area contributed by atoms with Crippen LogP contribution in [0, 0.1) is 6.92 Å². The van der Waals surface area contributed by atoms with Crippen molar-refractivity contribution in [3.05, 3.63) is 29.3 Å². The Kier molecular flexibility index (Phi) is 5.06. The molecule has 6 heteroatoms. The lowest BCUT2D eigenvalue weighted by molar-refractivity contribution is 0.380. The molecular weight excluding hydrogens is 280 g/mol. The maximum Gasteiger partial charge on any atom is 0.243 e. The van der Waals surface area contributed by atoms with E-state index in [0.29, 0.717) is 16.0 Å². The van der Waals surface area contributed by atoms with E-state index in [1.165, 1.54) is 4.31 Å². The second-order valence-electron chi connectivity index (χ2n) is 4.62. The van der Waals surface area contributed by atoms with Crippen molar-refractivity contribution in [3.8, 4) is 0 Å². The van der Waals surface area contributed by atoms with Gasteiger partial charge >= 0.3 is 0 Å². The second-order valence-corrected chi connectivity index (χ2v) is 7.03. The van der Waals surface area contributed by atoms with Gasteiger partial charge in [0.05, 0.1) is 4.90 Å². The molecule has 0 aliphatic heterocycles. The van der Waals surface area contributed by atoms with E-state index in [1.54, 1.807) is 32.2 Å². The number of hydrogen-bond donors (Lipinski definition) is 1. The number of benzene rings is 1. The van der Waals surface area contributed by atoms with Crippen LogP contribution in [0.15, 0.2) is 23.1 Å². The summed E-state index contributed by atoms with van der Waals surface area (Å²) in [5.41, 5.74) is 6.87. The molecule has 19 heavy (non-hydrogen) atoms. The molecule has 4 nitrogen and oxygen atoms in total. The van der Waals surface area contributed by atoms with Crippen molar-refractivity contribution in [1.29, 1.82) is 0 Å². The van der Waals surface area contributed by atoms with Gasteiger partial charge in [0.15, 0.2) is 0 Å². The highest BCUT2D eigenvalue weighted by atomic mass is 32.2. The van der Waals surface area contributed by atoms with Crippen LogP contribution in [0.25, 0.3) is 0 Å². The minimum atomic E-state index is -3.47. The average molecular weight is 300 g/mol. The third kappa shape index (κ3) is 3.32. The van der Waals surface area contributed by atoms with Crippen molar-refractivity contribution in [3.63, 3.8) is 0 Å². The second kappa shape index (κ2) is 5.98. The van der Waals surface area contributed by atoms with E-state index in [0.717, 1.165) is 6.42 Å². The molecule has 0 heterocycles. The van der Waals surface area contributed by atoms with Gasteiger partial charge in [-0.15, -0.1) is 0 Å². The zero-order chi connectivity index (χ0) is 14.8. The molecule has 0 aliphatic rings. The molecule has 2 N–H and O–H groups in total. The predicted molar refractivity (Wildman–Crippen MR) is 81.8 cm³/mol. The van der Waals surface area contributed by atoms with Gasteiger partial charge in [0.1, 0.15) is 4.99 Å². The number of hydrogen-bond acceptors (Lipinski definition) is 3. The lowest BCUT2D eigenvalue weighted by Crippen LogP contribution is -2.35. The van der Waals surface area contributed by atoms with Crippen molar-refractivity contribution < 1.29 is 8.42 Å². The molecule has 1 unspecified atom stereocenters. The first-order valence-corrected chi connectivity index (χ1v) is 7.95. The van der Waals surface area contributed by atoms with Gasteiger partial charge in [0.2, 0.25) is 10.0 Å². The Labute approximate surface area is 120 Å². The van der Waals surface area contributed by atoms with Crippen LogP contribution >= 0.6 is 12.2 Å². The Morgan fingerprint density at radius 1 is 1.47 bits per heavy atom. The molecule has 0 radical (unpaired) electrons. The molecule has 0 fully saturated rings. The maximum atomic E-state index is 12.5. The molecular formula is C13H20N2O2S2. The summed E-state index contributed by atoms with van der Waals surface area (Å²) in [7, 11) is -1.87. The summed E-state index contributed by atoms with van der Waals surface area (Å²) < 4.78 is 26.4. The highest BCUT2D eigenvalue weighted by Gasteiger charge is 2.26. The van der Waals surface area contributed by atoms with Crippen LogP contribution in [-0.2, 0) is 10.0 Å². The molecule has 1 aromatic rings. The summed E-state index contributed by atoms with van der Waals surface area (Å²) in [6.07, 6.45) is 0.764. The maximum absolute atomic E-state index is 12.5. The average Bonchev–Trinajstić information content (AvgIpc) is 2.36. The molecule has 0 amide bonds. The number of sulfonamides is 1. The Morgan fingerprint density at radius 3 is 2.47 bits per heavy atom. The van der Waals surface area contributed by atoms with E-state index in [4.69, 9.17) is 18.0 Å². The normalized spacial score (nSPS) is 13.5. The van der Waals surface area contributed by atoms with Crippen molar-refractivity contribution in [2.24, 2.45) is 5.73 Å². The molecule has 1 aromatic carbocycles. The highest BCUT2D eigenvalue weighted by molar-refractivity contribution is 7.89. The summed E-state index contributed by atoms with van der Waals surface area (Å²) >= 11 is 4.89. The summed E-state index contributed by atoms with van der Waals surface area (Å²) in [5, 5.41) is 0. The van der Waals surface area contributed by atoms with Gasteiger partial charge in [-0.2, -0.15) is 4.31 Å². The van der Waals surface area contributed by atoms with Gasteiger partial charge < -0.3 is 5.73 Å². The first-order chi connectivity index (χ1) is 8.71. The standard InChI is InChI=1S/C13H20N2O2S2/c1-5-10(3)15(4)19(16,17)12-7-6-11(13(14)18)8-9(12)2/h6-8,10H,5H2,1-4H3,(H2,14,18). The molecule has 0 aliphatic carbocycles. The fourth-order valence-electron chi connectivity index (χ4n) is 1.74. The Hall–Kier alpha value is -0.980. The van der Waals surface area contributed by atoms with E-state index in [-0.39, 0.29) is 11.0 Å². The predicted octanol–water partition coefficient (Wildman–Crippen LogP) is 2.05. The highest BCUT2D eigenvalue weighted by Crippen LogP contribution is 2.22. The summed E-state index contributed by atoms with van der Waals surface area (Å²) in [6.45, 7) is 5.59. The van der Waals surface area contributed by atoms with Crippen molar-refractivity contribution in [2.45, 2.75) is 38.1 Å². The SMILES string of the molecule is CCC(C)N(C)S(=O)(=O)c1ccc(C(N)=S)cc1C. The van der Waals surface area contributed by atoms with Crippen LogP contribution in [0.4, 0.5) is 0 Å². The molecule has 0 bridgehead atoms. The molecule has 0 spiro atoms. The lowest BCUT2D eigenvalue weighted by Gasteiger charge is -2.24. The van der Waals surface area contributed by atoms with Crippen molar-refractivity contribution >= 4 is 27.2 Å². The van der Waals surface area contributed by atoms with E-state index < -0.39 is 10.0 Å². The van der Waals surface area contributed by atoms with Crippen LogP contribution in [0.5, 0.6) is 0 Å². The zero-order valence-electron chi connectivity index (χ0n) is 11.7. The fourth-order valence-corrected chi connectivity index (χ4v) is 3.51. The first kappa shape index (κ1) is 16.1. The van der Waals surface area contributed by atoms with Gasteiger partial charge in [-0.1, -0.05) is 25.2 Å². The number of rotatable bonds is 5. The van der Waals surface area contributed by atoms with Crippen LogP contribution in [-0.4, -0.2) is 30.8 Å². The van der Waals surface area contributed by atoms with Gasteiger partial charge in [-0.25, -0.2) is 8.42 Å². The Bertz CT molecular complexity index is 582. The van der Waals surface area contributed by atoms with Gasteiger partial charge in [0.25, 0.3) is 0 Å². The van der Waals surface area contributed by atoms with Gasteiger partial charge in [-0.3, -0.25) is 0 Å². The number of nitrogens with two attached hydrogens (primary N) is 1. The van der Waals surface area contributed by atoms with E-state index in [1.807, 2.05) is 13.8 Å². The van der Waals surface area contributed by atoms with Gasteiger partial charge in [-0.05, 0) is 38.0 Å². The third-order valence-corrected chi connectivity index (χ3v) is 5.70. The summed E-state index contributed by atoms with van der Waals surface area (Å²) in [4.78, 5) is 0.567. The molecule has 1 rings (SSSR count). The summed E-state index contributed by atoms with van der Waals surface area (Å²) in [5.74, 6) is 0. The Balaban J connectivity index is 3.27. The third-order valence-electron chi connectivity index (χ3n) is 3.33. The Morgan fingerprint density at radius 2 is 2.05 bits per heavy atom. The van der Waals surface area contributed by atoms with E-state index in [9.17, 15) is 8.42 Å². The molecule has 0 aromatic heterocycles. The van der Waals surface area contributed by atoms with Crippen LogP contribution in [0.1, 0.15) is 31.4 Å². The fraction of sp³-hybridized carbons (Fsp3) is 0.462. The number of nitrogens with zero attached hydrogens (tertiary/aromatic N) is 1. The van der Waals surface area contributed by atoms with E-state index in [2.05, 4.69) is 0 Å². The van der Waals surface area contributed by atoms with Gasteiger partial charge in [0, 0.05) is 18.7 Å². The molecule has 0 saturated heterocycles. The van der Waals surface area contributed by atoms with Crippen LogP contribution in [0.3, 0.4) is 0 Å². The lowest BCUT2D eigenvalue weighted by atomic mass is 10.1. The monoisotopic (exact) mass is 300 g/mol. The van der Waals surface area contributed by atoms with Crippen LogP contribution in [0.2, 0.25) is 0 Å². The van der Waals surface area contributed by atoms with Crippen molar-refractivity contribution in [2.75, 3.05) is 7.05 Å². The zero-order valence-corrected chi connectivity index (χ0v) is 13.3. The van der Waals surface area contributed by atoms with Crippen molar-refractivity contribution in [1.82, 2.24) is 4.31 Å². The molecule has 0 saturated carbocycles. The minimum absolute atomic E-state index is 0.0420. The largest absolute Gasteiger partial charge is 0.389 e. The van der Waals surface area contributed by atoms with Crippen LogP contribution < -0.4 is 5.73 Å². The summed E-state index contributed by atoms with van der Waals surface area (Å²) in [6, 6.07) is 4.88. The molecule has 1 atom stereocenters.